The second kappa shape index (κ2) is 11.2. The number of hydrogen-bond donors (Lipinski definition) is 2. The van der Waals surface area contributed by atoms with E-state index in [-0.39, 0.29) is 29.9 Å². The van der Waals surface area contributed by atoms with Gasteiger partial charge in [-0.05, 0) is 50.3 Å². The van der Waals surface area contributed by atoms with Crippen LogP contribution in [0.2, 0.25) is 0 Å². The molecule has 6 nitrogen and oxygen atoms in total. The summed E-state index contributed by atoms with van der Waals surface area (Å²) < 4.78 is 0. The Balaban J connectivity index is 1.77. The SMILES string of the molecule is CC(C)CN(CC(=O)N(CCc1c[nH]c2ccccc12)Cc1ccccc1)C(=O)NC(C)(C)C. The molecule has 2 N–H and O–H groups in total. The number of nitrogens with one attached hydrogen (secondary N) is 2. The van der Waals surface area contributed by atoms with E-state index in [0.717, 1.165) is 17.5 Å². The van der Waals surface area contributed by atoms with E-state index < -0.39 is 0 Å². The number of carbonyl (C=O) groups is 2. The molecule has 0 spiro atoms. The Bertz CT molecular complexity index is 1080. The molecule has 0 aliphatic rings. The summed E-state index contributed by atoms with van der Waals surface area (Å²) in [7, 11) is 0. The molecule has 0 saturated heterocycles. The fraction of sp³-hybridized carbons (Fsp3) is 0.429. The molecule has 1 aromatic heterocycles. The quantitative estimate of drug-likeness (QED) is 0.459. The van der Waals surface area contributed by atoms with Crippen molar-refractivity contribution < 1.29 is 9.59 Å². The van der Waals surface area contributed by atoms with Gasteiger partial charge in [0.25, 0.3) is 0 Å². The van der Waals surface area contributed by atoms with Gasteiger partial charge >= 0.3 is 6.03 Å². The van der Waals surface area contributed by atoms with Crippen LogP contribution >= 0.6 is 0 Å². The van der Waals surface area contributed by atoms with Crippen molar-refractivity contribution in [3.8, 4) is 0 Å². The van der Waals surface area contributed by atoms with Crippen molar-refractivity contribution in [2.45, 2.75) is 53.1 Å². The van der Waals surface area contributed by atoms with Crippen molar-refractivity contribution in [2.24, 2.45) is 5.92 Å². The van der Waals surface area contributed by atoms with Crippen LogP contribution < -0.4 is 5.32 Å². The highest BCUT2D eigenvalue weighted by atomic mass is 16.2. The van der Waals surface area contributed by atoms with E-state index in [2.05, 4.69) is 36.3 Å². The van der Waals surface area contributed by atoms with Crippen molar-refractivity contribution in [3.63, 3.8) is 0 Å². The first-order chi connectivity index (χ1) is 16.1. The Hall–Kier alpha value is -3.28. The molecular formula is C28H38N4O2. The van der Waals surface area contributed by atoms with E-state index in [0.29, 0.717) is 19.6 Å². The average molecular weight is 463 g/mol. The number of carbonyl (C=O) groups excluding carboxylic acids is 2. The van der Waals surface area contributed by atoms with Gasteiger partial charge in [0.1, 0.15) is 6.54 Å². The Labute approximate surface area is 203 Å². The molecule has 0 bridgehead atoms. The van der Waals surface area contributed by atoms with E-state index in [1.54, 1.807) is 4.90 Å². The van der Waals surface area contributed by atoms with Crippen LogP contribution in [-0.4, -0.2) is 51.9 Å². The molecule has 3 aromatic rings. The molecule has 0 radical (unpaired) electrons. The van der Waals surface area contributed by atoms with Crippen LogP contribution in [0.25, 0.3) is 10.9 Å². The standard InChI is InChI=1S/C28H38N4O2/c1-21(2)18-32(27(34)30-28(3,4)5)20-26(33)31(19-22-11-7-6-8-12-22)16-15-23-17-29-25-14-10-9-13-24(23)25/h6-14,17,21,29H,15-16,18-20H2,1-5H3,(H,30,34). The molecule has 2 aromatic carbocycles. The molecule has 182 valence electrons. The van der Waals surface area contributed by atoms with Crippen LogP contribution in [0.4, 0.5) is 4.79 Å². The van der Waals surface area contributed by atoms with Crippen LogP contribution in [0.15, 0.2) is 60.8 Å². The normalized spacial score (nSPS) is 11.6. The summed E-state index contributed by atoms with van der Waals surface area (Å²) in [5.41, 5.74) is 2.99. The van der Waals surface area contributed by atoms with E-state index in [4.69, 9.17) is 0 Å². The van der Waals surface area contributed by atoms with Gasteiger partial charge in [0.05, 0.1) is 0 Å². The highest BCUT2D eigenvalue weighted by Gasteiger charge is 2.25. The molecule has 0 fully saturated rings. The van der Waals surface area contributed by atoms with Crippen molar-refractivity contribution in [1.82, 2.24) is 20.1 Å². The molecule has 0 atom stereocenters. The van der Waals surface area contributed by atoms with Crippen LogP contribution in [-0.2, 0) is 17.8 Å². The molecule has 0 aliphatic carbocycles. The molecule has 0 saturated carbocycles. The highest BCUT2D eigenvalue weighted by molar-refractivity contribution is 5.85. The fourth-order valence-electron chi connectivity index (χ4n) is 4.01. The van der Waals surface area contributed by atoms with Crippen LogP contribution in [0.5, 0.6) is 0 Å². The van der Waals surface area contributed by atoms with E-state index >= 15 is 0 Å². The fourth-order valence-corrected chi connectivity index (χ4v) is 4.01. The van der Waals surface area contributed by atoms with Gasteiger partial charge in [-0.15, -0.1) is 0 Å². The van der Waals surface area contributed by atoms with Gasteiger partial charge in [0, 0.05) is 42.3 Å². The smallest absolute Gasteiger partial charge is 0.318 e. The van der Waals surface area contributed by atoms with Gasteiger partial charge in [-0.3, -0.25) is 4.79 Å². The predicted molar refractivity (Wildman–Crippen MR) is 139 cm³/mol. The molecular weight excluding hydrogens is 424 g/mol. The third-order valence-electron chi connectivity index (χ3n) is 5.58. The minimum Gasteiger partial charge on any atom is -0.361 e. The number of nitrogens with zero attached hydrogens (tertiary/aromatic N) is 2. The van der Waals surface area contributed by atoms with Crippen molar-refractivity contribution in [3.05, 3.63) is 71.9 Å². The van der Waals surface area contributed by atoms with E-state index in [1.165, 1.54) is 10.9 Å². The minimum absolute atomic E-state index is 0.0478. The summed E-state index contributed by atoms with van der Waals surface area (Å²) in [6, 6.07) is 18.0. The number of urea groups is 1. The summed E-state index contributed by atoms with van der Waals surface area (Å²) in [6.07, 6.45) is 2.76. The maximum absolute atomic E-state index is 13.5. The number of fused-ring (bicyclic) bond motifs is 1. The van der Waals surface area contributed by atoms with Gasteiger partial charge in [-0.25, -0.2) is 4.79 Å². The average Bonchev–Trinajstić information content (AvgIpc) is 3.18. The molecule has 0 aliphatic heterocycles. The van der Waals surface area contributed by atoms with Gasteiger partial charge in [-0.2, -0.15) is 0 Å². The first kappa shape index (κ1) is 25.3. The maximum Gasteiger partial charge on any atom is 0.318 e. The molecule has 1 heterocycles. The lowest BCUT2D eigenvalue weighted by Crippen LogP contribution is -2.52. The Kier molecular flexibility index (Phi) is 8.37. The zero-order chi connectivity index (χ0) is 24.7. The molecule has 0 unspecified atom stereocenters. The third kappa shape index (κ3) is 7.37. The number of rotatable bonds is 9. The third-order valence-corrected chi connectivity index (χ3v) is 5.58. The Morgan fingerprint density at radius 3 is 2.32 bits per heavy atom. The summed E-state index contributed by atoms with van der Waals surface area (Å²) in [5.74, 6) is 0.209. The van der Waals surface area contributed by atoms with E-state index in [9.17, 15) is 9.59 Å². The zero-order valence-electron chi connectivity index (χ0n) is 21.1. The maximum atomic E-state index is 13.5. The lowest BCUT2D eigenvalue weighted by Gasteiger charge is -2.31. The monoisotopic (exact) mass is 462 g/mol. The van der Waals surface area contributed by atoms with E-state index in [1.807, 2.05) is 74.3 Å². The second-order valence-electron chi connectivity index (χ2n) is 10.4. The number of H-pyrrole nitrogens is 1. The lowest BCUT2D eigenvalue weighted by molar-refractivity contribution is -0.132. The number of amides is 3. The predicted octanol–water partition coefficient (Wildman–Crippen LogP) is 5.21. The number of aromatic nitrogens is 1. The lowest BCUT2D eigenvalue weighted by atomic mass is 10.1. The number of para-hydroxylation sites is 1. The summed E-state index contributed by atoms with van der Waals surface area (Å²) >= 11 is 0. The molecule has 6 heteroatoms. The van der Waals surface area contributed by atoms with Crippen LogP contribution in [0, 0.1) is 5.92 Å². The first-order valence-corrected chi connectivity index (χ1v) is 12.1. The van der Waals surface area contributed by atoms with Gasteiger partial charge in [0.2, 0.25) is 5.91 Å². The van der Waals surface area contributed by atoms with Crippen molar-refractivity contribution >= 4 is 22.8 Å². The molecule has 3 amide bonds. The summed E-state index contributed by atoms with van der Waals surface area (Å²) in [4.78, 5) is 33.3. The largest absolute Gasteiger partial charge is 0.361 e. The highest BCUT2D eigenvalue weighted by Crippen LogP contribution is 2.19. The van der Waals surface area contributed by atoms with Crippen molar-refractivity contribution in [1.29, 1.82) is 0 Å². The Morgan fingerprint density at radius 2 is 1.65 bits per heavy atom. The zero-order valence-corrected chi connectivity index (χ0v) is 21.1. The first-order valence-electron chi connectivity index (χ1n) is 12.1. The number of aromatic amines is 1. The van der Waals surface area contributed by atoms with Gasteiger partial charge in [-0.1, -0.05) is 62.4 Å². The number of hydrogen-bond acceptors (Lipinski definition) is 2. The summed E-state index contributed by atoms with van der Waals surface area (Å²) in [6.45, 7) is 11.6. The molecule has 34 heavy (non-hydrogen) atoms. The van der Waals surface area contributed by atoms with Crippen molar-refractivity contribution in [2.75, 3.05) is 19.6 Å². The van der Waals surface area contributed by atoms with Crippen LogP contribution in [0.3, 0.4) is 0 Å². The van der Waals surface area contributed by atoms with Crippen LogP contribution in [0.1, 0.15) is 45.7 Å². The van der Waals surface area contributed by atoms with Gasteiger partial charge in [0.15, 0.2) is 0 Å². The summed E-state index contributed by atoms with van der Waals surface area (Å²) in [5, 5.41) is 4.19. The Morgan fingerprint density at radius 1 is 0.971 bits per heavy atom. The topological polar surface area (TPSA) is 68.4 Å². The van der Waals surface area contributed by atoms with Gasteiger partial charge < -0.3 is 20.1 Å². The second-order valence-corrected chi connectivity index (χ2v) is 10.4. The minimum atomic E-state index is -0.367. The molecule has 3 rings (SSSR count). The number of benzene rings is 2.